The summed E-state index contributed by atoms with van der Waals surface area (Å²) in [4.78, 5) is 24.4. The van der Waals surface area contributed by atoms with Gasteiger partial charge >= 0.3 is 6.18 Å². The van der Waals surface area contributed by atoms with Crippen molar-refractivity contribution in [3.63, 3.8) is 0 Å². The number of anilines is 1. The van der Waals surface area contributed by atoms with Gasteiger partial charge in [0.15, 0.2) is 28.8 Å². The number of carbonyl (C=O) groups is 1. The van der Waals surface area contributed by atoms with Gasteiger partial charge in [-0.3, -0.25) is 9.78 Å². The molecule has 0 aliphatic rings. The SMILES string of the molecule is COc1cc2nccc(Oc3ccc(NC(=O)c4cnn(-c5cncnc5)c4C(F)(F)F)cc3F)c2cc1OC. The molecule has 14 heteroatoms. The summed E-state index contributed by atoms with van der Waals surface area (Å²) in [5, 5.41) is 6.46. The number of amides is 1. The summed E-state index contributed by atoms with van der Waals surface area (Å²) in [6, 6.07) is 8.22. The number of alkyl halides is 3. The van der Waals surface area contributed by atoms with E-state index in [0.29, 0.717) is 27.1 Å². The van der Waals surface area contributed by atoms with Crippen LogP contribution in [0.5, 0.6) is 23.0 Å². The zero-order valence-corrected chi connectivity index (χ0v) is 20.7. The first-order valence-corrected chi connectivity index (χ1v) is 11.4. The molecular formula is C26H18F4N6O4. The monoisotopic (exact) mass is 554 g/mol. The van der Waals surface area contributed by atoms with Crippen LogP contribution in [0.2, 0.25) is 0 Å². The van der Waals surface area contributed by atoms with Gasteiger partial charge in [0.2, 0.25) is 0 Å². The van der Waals surface area contributed by atoms with Crippen LogP contribution in [-0.2, 0) is 6.18 Å². The third-order valence-corrected chi connectivity index (χ3v) is 5.69. The maximum Gasteiger partial charge on any atom is 0.434 e. The molecule has 2 aromatic carbocycles. The van der Waals surface area contributed by atoms with Crippen LogP contribution in [0.25, 0.3) is 16.6 Å². The second kappa shape index (κ2) is 10.5. The van der Waals surface area contributed by atoms with E-state index in [1.807, 2.05) is 0 Å². The smallest absolute Gasteiger partial charge is 0.434 e. The molecule has 0 fully saturated rings. The van der Waals surface area contributed by atoms with E-state index in [-0.39, 0.29) is 22.9 Å². The molecule has 0 aliphatic carbocycles. The Morgan fingerprint density at radius 3 is 2.33 bits per heavy atom. The molecule has 10 nitrogen and oxygen atoms in total. The quantitative estimate of drug-likeness (QED) is 0.265. The number of methoxy groups -OCH3 is 2. The molecule has 3 aromatic heterocycles. The van der Waals surface area contributed by atoms with Crippen LogP contribution in [0.3, 0.4) is 0 Å². The molecule has 5 rings (SSSR count). The molecule has 40 heavy (non-hydrogen) atoms. The first-order valence-electron chi connectivity index (χ1n) is 11.4. The van der Waals surface area contributed by atoms with Crippen molar-refractivity contribution >= 4 is 22.5 Å². The summed E-state index contributed by atoms with van der Waals surface area (Å²) in [5.41, 5.74) is -1.81. The van der Waals surface area contributed by atoms with Crippen molar-refractivity contribution in [2.45, 2.75) is 6.18 Å². The predicted molar refractivity (Wildman–Crippen MR) is 133 cm³/mol. The third kappa shape index (κ3) is 5.06. The number of carbonyl (C=O) groups excluding carboxylic acids is 1. The number of hydrogen-bond acceptors (Lipinski definition) is 8. The van der Waals surface area contributed by atoms with Gasteiger partial charge in [0.25, 0.3) is 5.91 Å². The molecule has 0 radical (unpaired) electrons. The van der Waals surface area contributed by atoms with Crippen molar-refractivity contribution in [1.29, 1.82) is 0 Å². The molecule has 0 atom stereocenters. The van der Waals surface area contributed by atoms with Gasteiger partial charge in [-0.25, -0.2) is 19.0 Å². The Labute approximate surface area is 223 Å². The van der Waals surface area contributed by atoms with Gasteiger partial charge in [0.05, 0.1) is 43.9 Å². The number of hydrogen-bond donors (Lipinski definition) is 1. The van der Waals surface area contributed by atoms with E-state index >= 15 is 0 Å². The van der Waals surface area contributed by atoms with E-state index < -0.39 is 29.2 Å². The Morgan fingerprint density at radius 1 is 0.925 bits per heavy atom. The van der Waals surface area contributed by atoms with Crippen LogP contribution < -0.4 is 19.5 Å². The second-order valence-electron chi connectivity index (χ2n) is 8.15. The molecular weight excluding hydrogens is 536 g/mol. The van der Waals surface area contributed by atoms with Crippen molar-refractivity contribution in [3.8, 4) is 28.7 Å². The Bertz CT molecular complexity index is 1710. The number of nitrogens with one attached hydrogen (secondary N) is 1. The van der Waals surface area contributed by atoms with E-state index in [0.717, 1.165) is 31.0 Å². The number of ether oxygens (including phenoxy) is 3. The fraction of sp³-hybridized carbons (Fsp3) is 0.115. The largest absolute Gasteiger partial charge is 0.493 e. The van der Waals surface area contributed by atoms with Gasteiger partial charge < -0.3 is 19.5 Å². The molecule has 0 saturated carbocycles. The van der Waals surface area contributed by atoms with Crippen molar-refractivity contribution in [2.75, 3.05) is 19.5 Å². The molecule has 0 bridgehead atoms. The molecule has 5 aromatic rings. The van der Waals surface area contributed by atoms with E-state index in [1.165, 1.54) is 38.6 Å². The second-order valence-corrected chi connectivity index (χ2v) is 8.15. The maximum atomic E-state index is 15.0. The van der Waals surface area contributed by atoms with Crippen molar-refractivity contribution in [2.24, 2.45) is 0 Å². The highest BCUT2D eigenvalue weighted by atomic mass is 19.4. The van der Waals surface area contributed by atoms with Gasteiger partial charge in [-0.15, -0.1) is 0 Å². The number of aromatic nitrogens is 5. The molecule has 1 N–H and O–H groups in total. The highest BCUT2D eigenvalue weighted by molar-refractivity contribution is 6.05. The summed E-state index contributed by atoms with van der Waals surface area (Å²) >= 11 is 0. The van der Waals surface area contributed by atoms with Crippen LogP contribution >= 0.6 is 0 Å². The van der Waals surface area contributed by atoms with E-state index in [2.05, 4.69) is 25.4 Å². The lowest BCUT2D eigenvalue weighted by Gasteiger charge is -2.14. The number of rotatable bonds is 7. The van der Waals surface area contributed by atoms with Gasteiger partial charge in [-0.2, -0.15) is 18.3 Å². The first kappa shape index (κ1) is 26.3. The van der Waals surface area contributed by atoms with E-state index in [9.17, 15) is 22.4 Å². The van der Waals surface area contributed by atoms with Crippen LogP contribution in [0, 0.1) is 5.82 Å². The molecule has 0 aliphatic heterocycles. The molecule has 1 amide bonds. The number of benzene rings is 2. The summed E-state index contributed by atoms with van der Waals surface area (Å²) in [6.45, 7) is 0. The fourth-order valence-corrected chi connectivity index (χ4v) is 3.90. The number of halogens is 4. The van der Waals surface area contributed by atoms with Crippen molar-refractivity contribution < 1.29 is 36.6 Å². The third-order valence-electron chi connectivity index (χ3n) is 5.69. The van der Waals surface area contributed by atoms with Crippen LogP contribution in [0.4, 0.5) is 23.2 Å². The van der Waals surface area contributed by atoms with Gasteiger partial charge in [-0.1, -0.05) is 0 Å². The number of nitrogens with zero attached hydrogens (tertiary/aromatic N) is 5. The summed E-state index contributed by atoms with van der Waals surface area (Å²) < 4.78 is 73.5. The molecule has 0 saturated heterocycles. The standard InChI is InChI=1S/C26H18F4N6O4/c1-38-22-8-16-19(9-23(22)39-2)33-6-5-20(16)40-21-4-3-14(7-18(21)27)35-25(37)17-12-34-36(24(17)26(28,29)30)15-10-31-13-32-11-15/h3-13H,1-2H3,(H,35,37). The lowest BCUT2D eigenvalue weighted by Crippen LogP contribution is -2.21. The van der Waals surface area contributed by atoms with Gasteiger partial charge in [0.1, 0.15) is 17.8 Å². The lowest BCUT2D eigenvalue weighted by molar-refractivity contribution is -0.143. The van der Waals surface area contributed by atoms with Crippen molar-refractivity contribution in [3.05, 3.63) is 84.6 Å². The lowest BCUT2D eigenvalue weighted by atomic mass is 10.1. The minimum absolute atomic E-state index is 0.0962. The first-order chi connectivity index (χ1) is 19.2. The number of fused-ring (bicyclic) bond motifs is 1. The zero-order valence-electron chi connectivity index (χ0n) is 20.7. The van der Waals surface area contributed by atoms with Gasteiger partial charge in [-0.05, 0) is 24.3 Å². The zero-order chi connectivity index (χ0) is 28.4. The average Bonchev–Trinajstić information content (AvgIpc) is 3.41. The highest BCUT2D eigenvalue weighted by Gasteiger charge is 2.40. The topological polar surface area (TPSA) is 113 Å². The van der Waals surface area contributed by atoms with Crippen molar-refractivity contribution in [1.82, 2.24) is 24.7 Å². The minimum Gasteiger partial charge on any atom is -0.493 e. The Hall–Kier alpha value is -5.27. The Balaban J connectivity index is 1.41. The highest BCUT2D eigenvalue weighted by Crippen LogP contribution is 2.38. The Morgan fingerprint density at radius 2 is 1.65 bits per heavy atom. The summed E-state index contributed by atoms with van der Waals surface area (Å²) in [7, 11) is 2.94. The molecule has 0 unspecified atom stereocenters. The van der Waals surface area contributed by atoms with Crippen LogP contribution in [0.1, 0.15) is 16.1 Å². The average molecular weight is 554 g/mol. The van der Waals surface area contributed by atoms with Gasteiger partial charge in [0, 0.05) is 29.4 Å². The molecule has 204 valence electrons. The summed E-state index contributed by atoms with van der Waals surface area (Å²) in [6.07, 6.45) is 0.656. The molecule has 3 heterocycles. The van der Waals surface area contributed by atoms with E-state index in [4.69, 9.17) is 14.2 Å². The van der Waals surface area contributed by atoms with Crippen LogP contribution in [-0.4, -0.2) is 44.9 Å². The molecule has 0 spiro atoms. The summed E-state index contributed by atoms with van der Waals surface area (Å²) in [5.74, 6) is -1.11. The Kier molecular flexibility index (Phi) is 6.90. The number of pyridine rings is 1. The normalized spacial score (nSPS) is 11.3. The minimum atomic E-state index is -4.94. The van der Waals surface area contributed by atoms with Crippen LogP contribution in [0.15, 0.2) is 67.5 Å². The van der Waals surface area contributed by atoms with E-state index in [1.54, 1.807) is 12.1 Å². The maximum absolute atomic E-state index is 15.0. The fourth-order valence-electron chi connectivity index (χ4n) is 3.90. The predicted octanol–water partition coefficient (Wildman–Crippen LogP) is 5.43.